The predicted octanol–water partition coefficient (Wildman–Crippen LogP) is 1.66. The van der Waals surface area contributed by atoms with Gasteiger partial charge in [-0.25, -0.2) is 0 Å². The standard InChI is InChI=1S/C25H32ClN5O3.ClH/c1-25(2,3)23(32)34-19-31-15-12-21(13-16-31)30-24(29-18-27)28-14-6-4-5-7-17-33-22-10-8-20(26)9-11-22;/h8-13,15-16H,4-7,14,17,19H2,1-3H3,(H,28,29);1H. The van der Waals surface area contributed by atoms with Gasteiger partial charge in [0.05, 0.1) is 17.7 Å². The SMILES string of the molecule is CC(C)(C)C(=O)OC[n+]1ccc(N/C(=N\CCCCCCOc2ccc(Cl)cc2)NC#N)cc1.[Cl-]. The molecule has 0 bridgehead atoms. The smallest absolute Gasteiger partial charge is 0.316 e. The number of carbonyl (C=O) groups is 1. The van der Waals surface area contributed by atoms with Crippen LogP contribution < -0.4 is 32.3 Å². The highest BCUT2D eigenvalue weighted by Gasteiger charge is 2.24. The molecule has 1 aromatic heterocycles. The molecule has 0 saturated heterocycles. The van der Waals surface area contributed by atoms with Gasteiger partial charge in [0.25, 0.3) is 6.73 Å². The van der Waals surface area contributed by atoms with E-state index in [1.807, 2.05) is 63.4 Å². The quantitative estimate of drug-likeness (QED) is 0.0886. The van der Waals surface area contributed by atoms with Crippen molar-refractivity contribution in [3.63, 3.8) is 0 Å². The van der Waals surface area contributed by atoms with Crippen LogP contribution in [0.5, 0.6) is 5.75 Å². The highest BCUT2D eigenvalue weighted by Crippen LogP contribution is 2.16. The normalized spacial score (nSPS) is 11.1. The van der Waals surface area contributed by atoms with E-state index >= 15 is 0 Å². The number of pyridine rings is 1. The zero-order chi connectivity index (χ0) is 24.8. The van der Waals surface area contributed by atoms with E-state index in [0.29, 0.717) is 24.1 Å². The van der Waals surface area contributed by atoms with Crippen molar-refractivity contribution in [1.29, 1.82) is 5.26 Å². The lowest BCUT2D eigenvalue weighted by molar-refractivity contribution is -0.727. The number of halogens is 2. The van der Waals surface area contributed by atoms with Crippen LogP contribution >= 0.6 is 11.6 Å². The van der Waals surface area contributed by atoms with Crippen LogP contribution in [0.25, 0.3) is 0 Å². The van der Waals surface area contributed by atoms with Crippen molar-refractivity contribution < 1.29 is 31.2 Å². The van der Waals surface area contributed by atoms with E-state index in [4.69, 9.17) is 26.3 Å². The number of guanidine groups is 1. The summed E-state index contributed by atoms with van der Waals surface area (Å²) >= 11 is 5.86. The van der Waals surface area contributed by atoms with Crippen LogP contribution in [0.2, 0.25) is 5.02 Å². The van der Waals surface area contributed by atoms with Gasteiger partial charge in [-0.1, -0.05) is 18.0 Å². The van der Waals surface area contributed by atoms with Crippen LogP contribution in [0.1, 0.15) is 46.5 Å². The number of nitrogens with one attached hydrogen (secondary N) is 2. The lowest BCUT2D eigenvalue weighted by Gasteiger charge is -2.14. The van der Waals surface area contributed by atoms with Crippen molar-refractivity contribution in [3.05, 3.63) is 53.8 Å². The third-order valence-electron chi connectivity index (χ3n) is 4.69. The highest BCUT2D eigenvalue weighted by atomic mass is 35.5. The average Bonchev–Trinajstić information content (AvgIpc) is 2.80. The second kappa shape index (κ2) is 15.8. The minimum atomic E-state index is -0.540. The molecule has 2 N–H and O–H groups in total. The van der Waals surface area contributed by atoms with Gasteiger partial charge in [-0.2, -0.15) is 9.83 Å². The molecule has 0 unspecified atom stereocenters. The van der Waals surface area contributed by atoms with Gasteiger partial charge >= 0.3 is 5.97 Å². The first-order valence-electron chi connectivity index (χ1n) is 11.3. The number of aromatic nitrogens is 1. The van der Waals surface area contributed by atoms with E-state index in [-0.39, 0.29) is 25.1 Å². The van der Waals surface area contributed by atoms with E-state index < -0.39 is 5.41 Å². The van der Waals surface area contributed by atoms with Crippen molar-refractivity contribution >= 4 is 29.2 Å². The van der Waals surface area contributed by atoms with Gasteiger partial charge in [0.15, 0.2) is 18.6 Å². The Hall–Kier alpha value is -3.02. The van der Waals surface area contributed by atoms with Gasteiger partial charge < -0.3 is 27.2 Å². The van der Waals surface area contributed by atoms with Crippen LogP contribution in [0.15, 0.2) is 53.8 Å². The Bertz CT molecular complexity index is 969. The summed E-state index contributed by atoms with van der Waals surface area (Å²) in [6, 6.07) is 11.0. The van der Waals surface area contributed by atoms with Crippen LogP contribution in [0.4, 0.5) is 5.69 Å². The summed E-state index contributed by atoms with van der Waals surface area (Å²) in [6.07, 6.45) is 9.40. The van der Waals surface area contributed by atoms with Crippen molar-refractivity contribution in [2.24, 2.45) is 10.4 Å². The number of carbonyl (C=O) groups excluding carboxylic acids is 1. The van der Waals surface area contributed by atoms with Crippen molar-refractivity contribution in [2.75, 3.05) is 18.5 Å². The Morgan fingerprint density at radius 3 is 2.37 bits per heavy atom. The number of unbranched alkanes of at least 4 members (excludes halogenated alkanes) is 3. The molecule has 0 aliphatic carbocycles. The summed E-state index contributed by atoms with van der Waals surface area (Å²) in [5, 5.41) is 15.4. The molecule has 0 radical (unpaired) electrons. The van der Waals surface area contributed by atoms with Gasteiger partial charge in [-0.3, -0.25) is 15.1 Å². The molecule has 190 valence electrons. The number of esters is 1. The summed E-state index contributed by atoms with van der Waals surface area (Å²) in [5.74, 6) is 0.957. The predicted molar refractivity (Wildman–Crippen MR) is 132 cm³/mol. The maximum atomic E-state index is 11.9. The number of anilines is 1. The third kappa shape index (κ3) is 12.3. The largest absolute Gasteiger partial charge is 1.00 e. The third-order valence-corrected chi connectivity index (χ3v) is 4.94. The molecule has 0 aliphatic heterocycles. The summed E-state index contributed by atoms with van der Waals surface area (Å²) < 4.78 is 12.7. The number of rotatable bonds is 11. The van der Waals surface area contributed by atoms with Crippen LogP contribution in [0.3, 0.4) is 0 Å². The molecule has 2 aromatic rings. The Balaban J connectivity index is 0.00000612. The number of hydrogen-bond donors (Lipinski definition) is 2. The zero-order valence-corrected chi connectivity index (χ0v) is 21.9. The van der Waals surface area contributed by atoms with Gasteiger partial charge in [0.1, 0.15) is 5.75 Å². The summed E-state index contributed by atoms with van der Waals surface area (Å²) in [5.41, 5.74) is 0.223. The molecule has 0 amide bonds. The molecule has 1 aromatic carbocycles. The van der Waals surface area contributed by atoms with E-state index in [0.717, 1.165) is 37.1 Å². The molecular weight excluding hydrogens is 489 g/mol. The molecule has 35 heavy (non-hydrogen) atoms. The van der Waals surface area contributed by atoms with E-state index in [1.54, 1.807) is 17.0 Å². The van der Waals surface area contributed by atoms with Crippen molar-refractivity contribution in [2.45, 2.75) is 53.2 Å². The number of hydrogen-bond acceptors (Lipinski definition) is 5. The molecule has 8 nitrogen and oxygen atoms in total. The maximum absolute atomic E-state index is 11.9. The lowest BCUT2D eigenvalue weighted by atomic mass is 9.98. The molecular formula is C25H33Cl2N5O3. The zero-order valence-electron chi connectivity index (χ0n) is 20.4. The van der Waals surface area contributed by atoms with Gasteiger partial charge in [0, 0.05) is 23.7 Å². The number of nitriles is 1. The fourth-order valence-corrected chi connectivity index (χ4v) is 2.88. The topological polar surface area (TPSA) is 99.6 Å². The first-order chi connectivity index (χ1) is 16.3. The fourth-order valence-electron chi connectivity index (χ4n) is 2.76. The number of benzene rings is 1. The summed E-state index contributed by atoms with van der Waals surface area (Å²) in [4.78, 5) is 16.3. The Morgan fingerprint density at radius 1 is 1.09 bits per heavy atom. The van der Waals surface area contributed by atoms with Crippen LogP contribution in [-0.4, -0.2) is 25.1 Å². The molecule has 0 saturated carbocycles. The molecule has 10 heteroatoms. The van der Waals surface area contributed by atoms with Gasteiger partial charge in [-0.15, -0.1) is 0 Å². The van der Waals surface area contributed by atoms with Crippen molar-refractivity contribution in [1.82, 2.24) is 5.32 Å². The molecule has 0 aliphatic rings. The van der Waals surface area contributed by atoms with Crippen LogP contribution in [0, 0.1) is 16.9 Å². The second-order valence-corrected chi connectivity index (χ2v) is 9.16. The summed E-state index contributed by atoms with van der Waals surface area (Å²) in [7, 11) is 0. The molecule has 1 heterocycles. The number of aliphatic imine (C=N–C) groups is 1. The molecule has 0 atom stereocenters. The molecule has 2 rings (SSSR count). The van der Waals surface area contributed by atoms with Crippen LogP contribution in [-0.2, 0) is 16.3 Å². The maximum Gasteiger partial charge on any atom is 0.316 e. The Morgan fingerprint density at radius 2 is 1.74 bits per heavy atom. The van der Waals surface area contributed by atoms with Gasteiger partial charge in [-0.05, 0) is 64.3 Å². The Kier molecular flexibility index (Phi) is 13.5. The van der Waals surface area contributed by atoms with E-state index in [2.05, 4.69) is 15.6 Å². The minimum Gasteiger partial charge on any atom is -1.00 e. The van der Waals surface area contributed by atoms with Gasteiger partial charge in [0.2, 0.25) is 5.96 Å². The Labute approximate surface area is 218 Å². The number of ether oxygens (including phenoxy) is 2. The summed E-state index contributed by atoms with van der Waals surface area (Å²) in [6.45, 7) is 6.84. The lowest BCUT2D eigenvalue weighted by Crippen LogP contribution is -3.00. The first-order valence-corrected chi connectivity index (χ1v) is 11.7. The molecule has 0 spiro atoms. The number of nitrogens with zero attached hydrogens (tertiary/aromatic N) is 3. The second-order valence-electron chi connectivity index (χ2n) is 8.72. The van der Waals surface area contributed by atoms with E-state index in [9.17, 15) is 4.79 Å². The monoisotopic (exact) mass is 521 g/mol. The fraction of sp³-hybridized carbons (Fsp3) is 0.440. The first kappa shape index (κ1) is 30.0. The minimum absolute atomic E-state index is 0. The highest BCUT2D eigenvalue weighted by molar-refractivity contribution is 6.30. The van der Waals surface area contributed by atoms with Crippen molar-refractivity contribution in [3.8, 4) is 11.9 Å². The molecule has 0 fully saturated rings. The van der Waals surface area contributed by atoms with E-state index in [1.165, 1.54) is 0 Å². The average molecular weight is 522 g/mol.